The smallest absolute Gasteiger partial charge is 0.242 e. The average Bonchev–Trinajstić information content (AvgIpc) is 2.37. The van der Waals surface area contributed by atoms with Crippen molar-refractivity contribution in [3.63, 3.8) is 0 Å². The maximum absolute atomic E-state index is 12.3. The van der Waals surface area contributed by atoms with Crippen molar-refractivity contribution in [3.8, 4) is 0 Å². The van der Waals surface area contributed by atoms with Crippen LogP contribution in [0.2, 0.25) is 0 Å². The third-order valence-corrected chi connectivity index (χ3v) is 4.40. The number of anilines is 1. The van der Waals surface area contributed by atoms with Gasteiger partial charge in [0.15, 0.2) is 0 Å². The molecule has 1 aromatic rings. The van der Waals surface area contributed by atoms with E-state index in [0.717, 1.165) is 0 Å². The summed E-state index contributed by atoms with van der Waals surface area (Å²) in [4.78, 5) is 11.9. The Bertz CT molecular complexity index is 585. The van der Waals surface area contributed by atoms with Crippen LogP contribution in [0.3, 0.4) is 0 Å². The standard InChI is InChI=1S/C14H23N3O3S/c1-5-15-14(18)11(4)16-12-8-6-7-9-13(12)21(19,20)17-10(2)3/h6-11,16-17H,5H2,1-4H3,(H,15,18). The summed E-state index contributed by atoms with van der Waals surface area (Å²) < 4.78 is 27.1. The van der Waals surface area contributed by atoms with E-state index in [0.29, 0.717) is 12.2 Å². The van der Waals surface area contributed by atoms with Crippen LogP contribution < -0.4 is 15.4 Å². The van der Waals surface area contributed by atoms with Crippen LogP contribution in [0.5, 0.6) is 0 Å². The van der Waals surface area contributed by atoms with Gasteiger partial charge in [-0.3, -0.25) is 4.79 Å². The van der Waals surface area contributed by atoms with Gasteiger partial charge in [0.25, 0.3) is 0 Å². The molecule has 0 heterocycles. The van der Waals surface area contributed by atoms with E-state index in [9.17, 15) is 13.2 Å². The molecular weight excluding hydrogens is 290 g/mol. The molecule has 0 saturated heterocycles. The van der Waals surface area contributed by atoms with Crippen LogP contribution in [0.1, 0.15) is 27.7 Å². The quantitative estimate of drug-likeness (QED) is 0.708. The molecule has 0 aliphatic carbocycles. The topological polar surface area (TPSA) is 87.3 Å². The first-order chi connectivity index (χ1) is 9.77. The number of amides is 1. The van der Waals surface area contributed by atoms with E-state index in [1.165, 1.54) is 6.07 Å². The van der Waals surface area contributed by atoms with Gasteiger partial charge in [0.1, 0.15) is 10.9 Å². The number of sulfonamides is 1. The summed E-state index contributed by atoms with van der Waals surface area (Å²) in [7, 11) is -3.62. The molecule has 1 rings (SSSR count). The lowest BCUT2D eigenvalue weighted by Gasteiger charge is -2.18. The maximum atomic E-state index is 12.3. The second-order valence-corrected chi connectivity index (χ2v) is 6.72. The van der Waals surface area contributed by atoms with E-state index in [2.05, 4.69) is 15.4 Å². The summed E-state index contributed by atoms with van der Waals surface area (Å²) in [5, 5.41) is 5.63. The summed E-state index contributed by atoms with van der Waals surface area (Å²) in [5.41, 5.74) is 0.407. The number of para-hydroxylation sites is 1. The molecule has 0 saturated carbocycles. The minimum Gasteiger partial charge on any atom is -0.373 e. The highest BCUT2D eigenvalue weighted by atomic mass is 32.2. The lowest BCUT2D eigenvalue weighted by atomic mass is 10.2. The van der Waals surface area contributed by atoms with Crippen molar-refractivity contribution in [2.75, 3.05) is 11.9 Å². The van der Waals surface area contributed by atoms with Gasteiger partial charge in [-0.05, 0) is 39.8 Å². The normalized spacial score (nSPS) is 13.0. The molecule has 21 heavy (non-hydrogen) atoms. The second kappa shape index (κ2) is 7.42. The largest absolute Gasteiger partial charge is 0.373 e. The molecule has 0 spiro atoms. The third-order valence-electron chi connectivity index (χ3n) is 2.68. The molecule has 1 atom stereocenters. The minimum absolute atomic E-state index is 0.134. The molecule has 1 amide bonds. The van der Waals surface area contributed by atoms with Crippen LogP contribution in [0.15, 0.2) is 29.2 Å². The van der Waals surface area contributed by atoms with Gasteiger partial charge in [0, 0.05) is 12.6 Å². The zero-order valence-electron chi connectivity index (χ0n) is 12.8. The van der Waals surface area contributed by atoms with Crippen molar-refractivity contribution in [2.45, 2.75) is 44.7 Å². The molecule has 7 heteroatoms. The third kappa shape index (κ3) is 5.02. The fraction of sp³-hybridized carbons (Fsp3) is 0.500. The van der Waals surface area contributed by atoms with Gasteiger partial charge in [-0.15, -0.1) is 0 Å². The van der Waals surface area contributed by atoms with Crippen LogP contribution in [-0.4, -0.2) is 33.0 Å². The van der Waals surface area contributed by atoms with Crippen molar-refractivity contribution in [1.82, 2.24) is 10.0 Å². The molecule has 0 radical (unpaired) electrons. The van der Waals surface area contributed by atoms with Crippen LogP contribution in [0.25, 0.3) is 0 Å². The predicted molar refractivity (Wildman–Crippen MR) is 83.7 cm³/mol. The Hall–Kier alpha value is -1.60. The Balaban J connectivity index is 3.02. The van der Waals surface area contributed by atoms with E-state index >= 15 is 0 Å². The molecule has 6 nitrogen and oxygen atoms in total. The molecule has 1 aromatic carbocycles. The number of hydrogen-bond donors (Lipinski definition) is 3. The summed E-state index contributed by atoms with van der Waals surface area (Å²) in [6, 6.07) is 5.80. The Morgan fingerprint density at radius 3 is 2.38 bits per heavy atom. The minimum atomic E-state index is -3.62. The lowest BCUT2D eigenvalue weighted by Crippen LogP contribution is -2.38. The van der Waals surface area contributed by atoms with E-state index in [4.69, 9.17) is 0 Å². The van der Waals surface area contributed by atoms with E-state index in [-0.39, 0.29) is 16.8 Å². The molecule has 1 unspecified atom stereocenters. The number of hydrogen-bond acceptors (Lipinski definition) is 4. The number of likely N-dealkylation sites (N-methyl/N-ethyl adjacent to an activating group) is 1. The molecule has 0 aliphatic rings. The molecule has 0 fully saturated rings. The predicted octanol–water partition coefficient (Wildman–Crippen LogP) is 1.31. The Morgan fingerprint density at radius 1 is 1.19 bits per heavy atom. The van der Waals surface area contributed by atoms with Crippen LogP contribution in [-0.2, 0) is 14.8 Å². The van der Waals surface area contributed by atoms with Crippen molar-refractivity contribution in [1.29, 1.82) is 0 Å². The second-order valence-electron chi connectivity index (χ2n) is 5.03. The summed E-state index contributed by atoms with van der Waals surface area (Å²) in [6.45, 7) is 7.55. The molecule has 0 aliphatic heterocycles. The number of carbonyl (C=O) groups is 1. The van der Waals surface area contributed by atoms with Gasteiger partial charge >= 0.3 is 0 Å². The fourth-order valence-corrected chi connectivity index (χ4v) is 3.24. The highest BCUT2D eigenvalue weighted by molar-refractivity contribution is 7.89. The molecule has 0 aromatic heterocycles. The van der Waals surface area contributed by atoms with E-state index in [1.54, 1.807) is 39.0 Å². The fourth-order valence-electron chi connectivity index (χ4n) is 1.82. The summed E-state index contributed by atoms with van der Waals surface area (Å²) in [5.74, 6) is -0.179. The Labute approximate surface area is 126 Å². The van der Waals surface area contributed by atoms with Crippen molar-refractivity contribution < 1.29 is 13.2 Å². The molecule has 0 bridgehead atoms. The number of benzene rings is 1. The molecule has 118 valence electrons. The monoisotopic (exact) mass is 313 g/mol. The van der Waals surface area contributed by atoms with Crippen molar-refractivity contribution >= 4 is 21.6 Å². The molecular formula is C14H23N3O3S. The van der Waals surface area contributed by atoms with Gasteiger partial charge in [-0.1, -0.05) is 12.1 Å². The van der Waals surface area contributed by atoms with E-state index < -0.39 is 16.1 Å². The van der Waals surface area contributed by atoms with Crippen LogP contribution in [0.4, 0.5) is 5.69 Å². The Kier molecular flexibility index (Phi) is 6.17. The molecule has 3 N–H and O–H groups in total. The van der Waals surface area contributed by atoms with Gasteiger partial charge in [0.2, 0.25) is 15.9 Å². The van der Waals surface area contributed by atoms with Gasteiger partial charge in [-0.2, -0.15) is 0 Å². The van der Waals surface area contributed by atoms with Crippen LogP contribution in [0, 0.1) is 0 Å². The number of rotatable bonds is 7. The first-order valence-electron chi connectivity index (χ1n) is 6.93. The van der Waals surface area contributed by atoms with Crippen molar-refractivity contribution in [3.05, 3.63) is 24.3 Å². The van der Waals surface area contributed by atoms with Crippen LogP contribution >= 0.6 is 0 Å². The van der Waals surface area contributed by atoms with Gasteiger partial charge < -0.3 is 10.6 Å². The lowest BCUT2D eigenvalue weighted by molar-refractivity contribution is -0.121. The summed E-state index contributed by atoms with van der Waals surface area (Å²) in [6.07, 6.45) is 0. The highest BCUT2D eigenvalue weighted by Gasteiger charge is 2.21. The first-order valence-corrected chi connectivity index (χ1v) is 8.41. The maximum Gasteiger partial charge on any atom is 0.242 e. The zero-order chi connectivity index (χ0) is 16.0. The first kappa shape index (κ1) is 17.5. The number of carbonyl (C=O) groups excluding carboxylic acids is 1. The Morgan fingerprint density at radius 2 is 1.81 bits per heavy atom. The number of nitrogens with one attached hydrogen (secondary N) is 3. The average molecular weight is 313 g/mol. The highest BCUT2D eigenvalue weighted by Crippen LogP contribution is 2.21. The zero-order valence-corrected chi connectivity index (χ0v) is 13.6. The van der Waals surface area contributed by atoms with Crippen molar-refractivity contribution in [2.24, 2.45) is 0 Å². The van der Waals surface area contributed by atoms with E-state index in [1.807, 2.05) is 6.92 Å². The SMILES string of the molecule is CCNC(=O)C(C)Nc1ccccc1S(=O)(=O)NC(C)C. The van der Waals surface area contributed by atoms with Gasteiger partial charge in [0.05, 0.1) is 5.69 Å². The van der Waals surface area contributed by atoms with Gasteiger partial charge in [-0.25, -0.2) is 13.1 Å². The summed E-state index contributed by atoms with van der Waals surface area (Å²) >= 11 is 0.